The SMILES string of the molecule is O=C(Nc1cccc(C(=O)NCc2ccccc2Cl)c1)C1=CSCCO1. The van der Waals surface area contributed by atoms with Gasteiger partial charge in [-0.25, -0.2) is 0 Å². The third-order valence-corrected chi connectivity index (χ3v) is 4.80. The molecule has 0 aromatic heterocycles. The molecule has 2 aromatic carbocycles. The molecule has 26 heavy (non-hydrogen) atoms. The number of nitrogens with one attached hydrogen (secondary N) is 2. The highest BCUT2D eigenvalue weighted by atomic mass is 35.5. The number of hydrogen-bond donors (Lipinski definition) is 2. The average molecular weight is 389 g/mol. The van der Waals surface area contributed by atoms with Gasteiger partial charge in [-0.05, 0) is 29.8 Å². The maximum absolute atomic E-state index is 12.4. The standard InChI is InChI=1S/C19H17ClN2O3S/c20-16-7-2-1-4-14(16)11-21-18(23)13-5-3-6-15(10-13)22-19(24)17-12-26-9-8-25-17/h1-7,10,12H,8-9,11H2,(H,21,23)(H,22,24). The van der Waals surface area contributed by atoms with Crippen molar-refractivity contribution in [2.75, 3.05) is 17.7 Å². The Bertz CT molecular complexity index is 854. The zero-order valence-electron chi connectivity index (χ0n) is 13.8. The van der Waals surface area contributed by atoms with Crippen LogP contribution in [-0.2, 0) is 16.1 Å². The number of anilines is 1. The van der Waals surface area contributed by atoms with Crippen LogP contribution in [0.25, 0.3) is 0 Å². The van der Waals surface area contributed by atoms with Crippen molar-refractivity contribution in [1.29, 1.82) is 0 Å². The molecule has 134 valence electrons. The van der Waals surface area contributed by atoms with Gasteiger partial charge in [-0.3, -0.25) is 9.59 Å². The number of hydrogen-bond acceptors (Lipinski definition) is 4. The first-order valence-electron chi connectivity index (χ1n) is 8.01. The number of ether oxygens (including phenoxy) is 1. The number of benzene rings is 2. The van der Waals surface area contributed by atoms with E-state index in [0.29, 0.717) is 29.4 Å². The summed E-state index contributed by atoms with van der Waals surface area (Å²) in [6.45, 7) is 0.835. The first kappa shape index (κ1) is 18.4. The highest BCUT2D eigenvalue weighted by Gasteiger charge is 2.15. The number of thioether (sulfide) groups is 1. The molecule has 0 saturated carbocycles. The molecular weight excluding hydrogens is 372 g/mol. The van der Waals surface area contributed by atoms with Crippen LogP contribution >= 0.6 is 23.4 Å². The summed E-state index contributed by atoms with van der Waals surface area (Å²) in [5.41, 5.74) is 1.81. The molecule has 1 heterocycles. The van der Waals surface area contributed by atoms with Gasteiger partial charge in [0.25, 0.3) is 11.8 Å². The summed E-state index contributed by atoms with van der Waals surface area (Å²) < 4.78 is 5.32. The fraction of sp³-hybridized carbons (Fsp3) is 0.158. The van der Waals surface area contributed by atoms with Crippen LogP contribution < -0.4 is 10.6 Å². The highest BCUT2D eigenvalue weighted by Crippen LogP contribution is 2.18. The Morgan fingerprint density at radius 3 is 2.73 bits per heavy atom. The van der Waals surface area contributed by atoms with Crippen LogP contribution in [0.5, 0.6) is 0 Å². The van der Waals surface area contributed by atoms with Crippen molar-refractivity contribution in [3.05, 3.63) is 75.8 Å². The van der Waals surface area contributed by atoms with Gasteiger partial charge >= 0.3 is 0 Å². The number of carbonyl (C=O) groups is 2. The van der Waals surface area contributed by atoms with E-state index >= 15 is 0 Å². The van der Waals surface area contributed by atoms with Gasteiger partial charge < -0.3 is 15.4 Å². The van der Waals surface area contributed by atoms with Gasteiger partial charge in [0.1, 0.15) is 0 Å². The molecule has 0 radical (unpaired) electrons. The Hall–Kier alpha value is -2.44. The van der Waals surface area contributed by atoms with Crippen LogP contribution in [0, 0.1) is 0 Å². The Labute approximate surface area is 160 Å². The van der Waals surface area contributed by atoms with Gasteiger partial charge in [0.2, 0.25) is 0 Å². The van der Waals surface area contributed by atoms with E-state index in [-0.39, 0.29) is 17.6 Å². The Morgan fingerprint density at radius 1 is 1.12 bits per heavy atom. The van der Waals surface area contributed by atoms with E-state index in [4.69, 9.17) is 16.3 Å². The van der Waals surface area contributed by atoms with Crippen molar-refractivity contribution in [2.24, 2.45) is 0 Å². The summed E-state index contributed by atoms with van der Waals surface area (Å²) in [4.78, 5) is 24.5. The van der Waals surface area contributed by atoms with E-state index in [0.717, 1.165) is 11.3 Å². The van der Waals surface area contributed by atoms with Gasteiger partial charge in [-0.1, -0.05) is 35.9 Å². The van der Waals surface area contributed by atoms with E-state index in [1.54, 1.807) is 35.7 Å². The fourth-order valence-electron chi connectivity index (χ4n) is 2.34. The highest BCUT2D eigenvalue weighted by molar-refractivity contribution is 8.02. The fourth-order valence-corrected chi connectivity index (χ4v) is 3.16. The lowest BCUT2D eigenvalue weighted by Crippen LogP contribution is -2.23. The van der Waals surface area contributed by atoms with E-state index in [2.05, 4.69) is 10.6 Å². The summed E-state index contributed by atoms with van der Waals surface area (Å²) >= 11 is 7.63. The predicted molar refractivity (Wildman–Crippen MR) is 104 cm³/mol. The molecule has 5 nitrogen and oxygen atoms in total. The second kappa shape index (κ2) is 8.78. The van der Waals surface area contributed by atoms with Crippen molar-refractivity contribution >= 4 is 40.9 Å². The van der Waals surface area contributed by atoms with Gasteiger partial charge in [-0.2, -0.15) is 0 Å². The molecular formula is C19H17ClN2O3S. The molecule has 0 saturated heterocycles. The molecule has 1 aliphatic rings. The Morgan fingerprint density at radius 2 is 1.96 bits per heavy atom. The van der Waals surface area contributed by atoms with E-state index in [1.165, 1.54) is 11.8 Å². The second-order valence-electron chi connectivity index (χ2n) is 5.51. The molecule has 0 unspecified atom stereocenters. The third kappa shape index (κ3) is 4.80. The lowest BCUT2D eigenvalue weighted by Gasteiger charge is -2.14. The smallest absolute Gasteiger partial charge is 0.291 e. The van der Waals surface area contributed by atoms with Crippen molar-refractivity contribution in [2.45, 2.75) is 6.54 Å². The third-order valence-electron chi connectivity index (χ3n) is 3.65. The molecule has 7 heteroatoms. The van der Waals surface area contributed by atoms with Crippen molar-refractivity contribution in [3.63, 3.8) is 0 Å². The minimum Gasteiger partial charge on any atom is -0.487 e. The van der Waals surface area contributed by atoms with Crippen LogP contribution in [0.15, 0.2) is 59.7 Å². The molecule has 2 aromatic rings. The minimum absolute atomic E-state index is 0.246. The van der Waals surface area contributed by atoms with Gasteiger partial charge in [0.05, 0.1) is 6.61 Å². The molecule has 0 fully saturated rings. The molecule has 0 aliphatic carbocycles. The summed E-state index contributed by atoms with van der Waals surface area (Å²) in [7, 11) is 0. The first-order valence-corrected chi connectivity index (χ1v) is 9.44. The van der Waals surface area contributed by atoms with Gasteiger partial charge in [0, 0.05) is 34.0 Å². The summed E-state index contributed by atoms with van der Waals surface area (Å²) in [6, 6.07) is 14.1. The van der Waals surface area contributed by atoms with Crippen LogP contribution in [0.4, 0.5) is 5.69 Å². The molecule has 1 aliphatic heterocycles. The van der Waals surface area contributed by atoms with Crippen molar-refractivity contribution < 1.29 is 14.3 Å². The Balaban J connectivity index is 1.63. The van der Waals surface area contributed by atoms with Gasteiger partial charge in [-0.15, -0.1) is 11.8 Å². The maximum Gasteiger partial charge on any atom is 0.291 e. The lowest BCUT2D eigenvalue weighted by atomic mass is 10.1. The second-order valence-corrected chi connectivity index (χ2v) is 6.89. The largest absolute Gasteiger partial charge is 0.487 e. The summed E-state index contributed by atoms with van der Waals surface area (Å²) in [5.74, 6) is 0.545. The number of amides is 2. The topological polar surface area (TPSA) is 67.4 Å². The van der Waals surface area contributed by atoms with E-state index in [9.17, 15) is 9.59 Å². The minimum atomic E-state index is -0.328. The quantitative estimate of drug-likeness (QED) is 0.817. The van der Waals surface area contributed by atoms with Crippen LogP contribution in [0.2, 0.25) is 5.02 Å². The van der Waals surface area contributed by atoms with Gasteiger partial charge in [0.15, 0.2) is 5.76 Å². The Kier molecular flexibility index (Phi) is 6.20. The normalized spacial score (nSPS) is 13.3. The molecule has 3 rings (SSSR count). The zero-order chi connectivity index (χ0) is 18.4. The van der Waals surface area contributed by atoms with Crippen LogP contribution in [-0.4, -0.2) is 24.2 Å². The van der Waals surface area contributed by atoms with E-state index in [1.807, 2.05) is 18.2 Å². The average Bonchev–Trinajstić information content (AvgIpc) is 2.68. The monoisotopic (exact) mass is 388 g/mol. The molecule has 0 spiro atoms. The molecule has 0 bridgehead atoms. The lowest BCUT2D eigenvalue weighted by molar-refractivity contribution is -0.116. The first-order chi connectivity index (χ1) is 12.6. The molecule has 2 amide bonds. The predicted octanol–water partition coefficient (Wildman–Crippen LogP) is 3.81. The van der Waals surface area contributed by atoms with Crippen molar-refractivity contribution in [1.82, 2.24) is 5.32 Å². The number of halogens is 1. The number of rotatable bonds is 5. The summed E-state index contributed by atoms with van der Waals surface area (Å²) in [6.07, 6.45) is 0. The van der Waals surface area contributed by atoms with Crippen molar-refractivity contribution in [3.8, 4) is 0 Å². The summed E-state index contributed by atoms with van der Waals surface area (Å²) in [5, 5.41) is 7.87. The van der Waals surface area contributed by atoms with Crippen LogP contribution in [0.1, 0.15) is 15.9 Å². The number of carbonyl (C=O) groups excluding carboxylic acids is 2. The molecule has 2 N–H and O–H groups in total. The molecule has 0 atom stereocenters. The van der Waals surface area contributed by atoms with Crippen LogP contribution in [0.3, 0.4) is 0 Å². The van der Waals surface area contributed by atoms with E-state index < -0.39 is 0 Å². The maximum atomic E-state index is 12.4. The zero-order valence-corrected chi connectivity index (χ0v) is 15.4.